The molecule has 0 aliphatic heterocycles. The van der Waals surface area contributed by atoms with E-state index in [2.05, 4.69) is 5.32 Å². The monoisotopic (exact) mass is 375 g/mol. The van der Waals surface area contributed by atoms with Gasteiger partial charge >= 0.3 is 0 Å². The summed E-state index contributed by atoms with van der Waals surface area (Å²) in [5.74, 6) is 1.39. The standard InChI is InChI=1S/C20H25NO6/c1-24-16-6-4-14(5-7-16)12-27-13-15(22)11-21-20(23)18-10-17(25-2)8-9-19(18)26-3/h4-10,15,22H,11-13H2,1-3H3,(H,21,23). The van der Waals surface area contributed by atoms with E-state index in [0.717, 1.165) is 11.3 Å². The second kappa shape index (κ2) is 10.4. The molecule has 1 atom stereocenters. The fourth-order valence-electron chi connectivity index (χ4n) is 2.39. The summed E-state index contributed by atoms with van der Waals surface area (Å²) in [5.41, 5.74) is 1.30. The molecule has 0 heterocycles. The van der Waals surface area contributed by atoms with Gasteiger partial charge < -0.3 is 29.4 Å². The first-order valence-corrected chi connectivity index (χ1v) is 8.46. The van der Waals surface area contributed by atoms with Gasteiger partial charge in [0.1, 0.15) is 17.2 Å². The van der Waals surface area contributed by atoms with E-state index in [-0.39, 0.29) is 19.1 Å². The lowest BCUT2D eigenvalue weighted by Crippen LogP contribution is -2.34. The molecule has 0 fully saturated rings. The van der Waals surface area contributed by atoms with Crippen LogP contribution in [0.3, 0.4) is 0 Å². The summed E-state index contributed by atoms with van der Waals surface area (Å²) in [4.78, 5) is 12.3. The molecule has 1 amide bonds. The van der Waals surface area contributed by atoms with Crippen LogP contribution in [0.5, 0.6) is 17.2 Å². The molecular formula is C20H25NO6. The molecule has 0 radical (unpaired) electrons. The maximum atomic E-state index is 12.3. The van der Waals surface area contributed by atoms with Crippen LogP contribution in [0.25, 0.3) is 0 Å². The minimum atomic E-state index is -0.830. The Balaban J connectivity index is 1.79. The molecule has 0 aliphatic carbocycles. The lowest BCUT2D eigenvalue weighted by molar-refractivity contribution is 0.0285. The Morgan fingerprint density at radius 1 is 1.00 bits per heavy atom. The van der Waals surface area contributed by atoms with Gasteiger partial charge in [-0.05, 0) is 35.9 Å². The second-order valence-electron chi connectivity index (χ2n) is 5.79. The fourth-order valence-corrected chi connectivity index (χ4v) is 2.39. The Bertz CT molecular complexity index is 732. The summed E-state index contributed by atoms with van der Waals surface area (Å²) < 4.78 is 20.9. The van der Waals surface area contributed by atoms with Gasteiger partial charge in [-0.1, -0.05) is 12.1 Å². The van der Waals surface area contributed by atoms with Crippen LogP contribution in [0.2, 0.25) is 0 Å². The number of rotatable bonds is 10. The molecule has 2 rings (SSSR count). The van der Waals surface area contributed by atoms with Crippen LogP contribution in [-0.2, 0) is 11.3 Å². The molecule has 0 aromatic heterocycles. The molecule has 0 bridgehead atoms. The van der Waals surface area contributed by atoms with Crippen molar-refractivity contribution >= 4 is 5.91 Å². The number of carbonyl (C=O) groups is 1. The van der Waals surface area contributed by atoms with Crippen molar-refractivity contribution in [2.75, 3.05) is 34.5 Å². The molecule has 146 valence electrons. The number of carbonyl (C=O) groups excluding carboxylic acids is 1. The maximum absolute atomic E-state index is 12.3. The van der Waals surface area contributed by atoms with Crippen LogP contribution in [0.4, 0.5) is 0 Å². The van der Waals surface area contributed by atoms with Gasteiger partial charge in [0.05, 0.1) is 46.2 Å². The second-order valence-corrected chi connectivity index (χ2v) is 5.79. The molecule has 2 aromatic rings. The molecule has 0 spiro atoms. The van der Waals surface area contributed by atoms with E-state index in [4.69, 9.17) is 18.9 Å². The molecule has 1 unspecified atom stereocenters. The van der Waals surface area contributed by atoms with Crippen LogP contribution in [0.15, 0.2) is 42.5 Å². The number of methoxy groups -OCH3 is 3. The van der Waals surface area contributed by atoms with E-state index in [9.17, 15) is 9.90 Å². The van der Waals surface area contributed by atoms with Crippen molar-refractivity contribution in [2.45, 2.75) is 12.7 Å². The third-order valence-corrected chi connectivity index (χ3v) is 3.89. The van der Waals surface area contributed by atoms with Crippen LogP contribution in [-0.4, -0.2) is 51.6 Å². The van der Waals surface area contributed by atoms with Gasteiger partial charge in [-0.3, -0.25) is 4.79 Å². The molecule has 0 saturated heterocycles. The summed E-state index contributed by atoms with van der Waals surface area (Å²) >= 11 is 0. The Hall–Kier alpha value is -2.77. The summed E-state index contributed by atoms with van der Waals surface area (Å²) in [5, 5.41) is 12.7. The van der Waals surface area contributed by atoms with E-state index < -0.39 is 6.10 Å². The van der Waals surface area contributed by atoms with Gasteiger partial charge in [0.25, 0.3) is 5.91 Å². The van der Waals surface area contributed by atoms with Crippen molar-refractivity contribution in [1.29, 1.82) is 0 Å². The van der Waals surface area contributed by atoms with Gasteiger partial charge in [0, 0.05) is 6.54 Å². The first-order valence-electron chi connectivity index (χ1n) is 8.46. The topological polar surface area (TPSA) is 86.2 Å². The quantitative estimate of drug-likeness (QED) is 0.661. The minimum absolute atomic E-state index is 0.0574. The predicted molar refractivity (Wildman–Crippen MR) is 101 cm³/mol. The summed E-state index contributed by atoms with van der Waals surface area (Å²) in [6.45, 7) is 0.516. The van der Waals surface area contributed by atoms with Crippen molar-refractivity contribution in [3.63, 3.8) is 0 Å². The highest BCUT2D eigenvalue weighted by molar-refractivity contribution is 5.97. The Morgan fingerprint density at radius 2 is 1.67 bits per heavy atom. The zero-order valence-corrected chi connectivity index (χ0v) is 15.7. The summed E-state index contributed by atoms with van der Waals surface area (Å²) in [6.07, 6.45) is -0.830. The molecule has 0 saturated carbocycles. The van der Waals surface area contributed by atoms with E-state index in [1.54, 1.807) is 25.3 Å². The third-order valence-electron chi connectivity index (χ3n) is 3.89. The van der Waals surface area contributed by atoms with Gasteiger partial charge in [-0.2, -0.15) is 0 Å². The normalized spacial score (nSPS) is 11.6. The first kappa shape index (κ1) is 20.5. The van der Waals surface area contributed by atoms with Crippen molar-refractivity contribution in [3.8, 4) is 17.2 Å². The van der Waals surface area contributed by atoms with Crippen LogP contribution >= 0.6 is 0 Å². The average molecular weight is 375 g/mol. The summed E-state index contributed by atoms with van der Waals surface area (Å²) in [6, 6.07) is 12.4. The van der Waals surface area contributed by atoms with Crippen molar-refractivity contribution in [3.05, 3.63) is 53.6 Å². The van der Waals surface area contributed by atoms with Crippen molar-refractivity contribution in [2.24, 2.45) is 0 Å². The van der Waals surface area contributed by atoms with E-state index in [1.807, 2.05) is 24.3 Å². The van der Waals surface area contributed by atoms with Crippen LogP contribution < -0.4 is 19.5 Å². The van der Waals surface area contributed by atoms with Crippen LogP contribution in [0, 0.1) is 0 Å². The van der Waals surface area contributed by atoms with Gasteiger partial charge in [0.2, 0.25) is 0 Å². The zero-order chi connectivity index (χ0) is 19.6. The number of nitrogens with one attached hydrogen (secondary N) is 1. The minimum Gasteiger partial charge on any atom is -0.497 e. The molecule has 7 heteroatoms. The van der Waals surface area contributed by atoms with Crippen molar-refractivity contribution in [1.82, 2.24) is 5.32 Å². The van der Waals surface area contributed by atoms with Crippen molar-refractivity contribution < 1.29 is 28.8 Å². The highest BCUT2D eigenvalue weighted by atomic mass is 16.5. The number of hydrogen-bond donors (Lipinski definition) is 2. The largest absolute Gasteiger partial charge is 0.497 e. The Morgan fingerprint density at radius 3 is 2.30 bits per heavy atom. The molecule has 27 heavy (non-hydrogen) atoms. The first-order chi connectivity index (χ1) is 13.1. The van der Waals surface area contributed by atoms with E-state index >= 15 is 0 Å². The number of hydrogen-bond acceptors (Lipinski definition) is 6. The van der Waals surface area contributed by atoms with Gasteiger partial charge in [-0.25, -0.2) is 0 Å². The highest BCUT2D eigenvalue weighted by Gasteiger charge is 2.15. The number of benzene rings is 2. The third kappa shape index (κ3) is 6.16. The van der Waals surface area contributed by atoms with Gasteiger partial charge in [-0.15, -0.1) is 0 Å². The smallest absolute Gasteiger partial charge is 0.255 e. The SMILES string of the molecule is COc1ccc(COCC(O)CNC(=O)c2cc(OC)ccc2OC)cc1. The number of aliphatic hydroxyl groups excluding tert-OH is 1. The molecular weight excluding hydrogens is 350 g/mol. The molecule has 0 aliphatic rings. The van der Waals surface area contributed by atoms with E-state index in [0.29, 0.717) is 23.7 Å². The maximum Gasteiger partial charge on any atom is 0.255 e. The summed E-state index contributed by atoms with van der Waals surface area (Å²) in [7, 11) is 4.62. The fraction of sp³-hybridized carbons (Fsp3) is 0.350. The Labute approximate surface area is 158 Å². The number of amides is 1. The highest BCUT2D eigenvalue weighted by Crippen LogP contribution is 2.23. The predicted octanol–water partition coefficient (Wildman–Crippen LogP) is 2.02. The molecule has 2 N–H and O–H groups in total. The Kier molecular flexibility index (Phi) is 7.91. The molecule has 2 aromatic carbocycles. The zero-order valence-electron chi connectivity index (χ0n) is 15.7. The van der Waals surface area contributed by atoms with E-state index in [1.165, 1.54) is 14.2 Å². The van der Waals surface area contributed by atoms with Gasteiger partial charge in [0.15, 0.2) is 0 Å². The molecule has 7 nitrogen and oxygen atoms in total. The average Bonchev–Trinajstić information content (AvgIpc) is 2.72. The number of ether oxygens (including phenoxy) is 4. The number of aliphatic hydroxyl groups is 1. The lowest BCUT2D eigenvalue weighted by atomic mass is 10.1. The lowest BCUT2D eigenvalue weighted by Gasteiger charge is -2.14. The van der Waals surface area contributed by atoms with Crippen LogP contribution in [0.1, 0.15) is 15.9 Å².